The molecule has 2 nitrogen and oxygen atoms in total. The zero-order valence-corrected chi connectivity index (χ0v) is 24.2. The van der Waals surface area contributed by atoms with Crippen molar-refractivity contribution in [1.82, 2.24) is 0 Å². The van der Waals surface area contributed by atoms with E-state index in [1.54, 1.807) is 6.07 Å². The van der Waals surface area contributed by atoms with E-state index in [4.69, 9.17) is 5.26 Å². The molecule has 9 heteroatoms. The Morgan fingerprint density at radius 2 is 1.17 bits per heavy atom. The lowest BCUT2D eigenvalue weighted by Gasteiger charge is -2.19. The maximum atomic E-state index is 15.2. The van der Waals surface area contributed by atoms with Crippen LogP contribution >= 0.6 is 0 Å². The first-order valence-corrected chi connectivity index (χ1v) is 14.1. The fourth-order valence-corrected chi connectivity index (χ4v) is 4.96. The van der Waals surface area contributed by atoms with E-state index in [1.165, 1.54) is 30.3 Å². The second-order valence-corrected chi connectivity index (χ2v) is 10.4. The SMILES string of the molecule is C/C=C/CCc1ccc(-c2ccc(-c3ccc(-c4ccc(C(F)(F)Oc5cc(F)c(C#N)c(F)c5)c(F)c4)c(F)c3)c(F)c2)cc1. The minimum Gasteiger partial charge on any atom is -0.429 e. The highest BCUT2D eigenvalue weighted by Gasteiger charge is 2.38. The minimum absolute atomic E-state index is 0.0958. The second kappa shape index (κ2) is 13.3. The van der Waals surface area contributed by atoms with Gasteiger partial charge in [0, 0.05) is 23.3 Å². The van der Waals surface area contributed by atoms with Crippen LogP contribution < -0.4 is 4.74 Å². The molecule has 0 radical (unpaired) electrons. The summed E-state index contributed by atoms with van der Waals surface area (Å²) in [6.45, 7) is 1.97. The van der Waals surface area contributed by atoms with Crippen LogP contribution in [0.4, 0.5) is 30.7 Å². The van der Waals surface area contributed by atoms with E-state index in [9.17, 15) is 22.0 Å². The van der Waals surface area contributed by atoms with Gasteiger partial charge in [0.1, 0.15) is 46.5 Å². The quantitative estimate of drug-likeness (QED) is 0.120. The summed E-state index contributed by atoms with van der Waals surface area (Å²) in [5.41, 5.74) is 0.462. The van der Waals surface area contributed by atoms with Gasteiger partial charge in [0.05, 0.1) is 5.56 Å². The molecule has 0 saturated heterocycles. The first-order chi connectivity index (χ1) is 22.0. The van der Waals surface area contributed by atoms with Crippen molar-refractivity contribution >= 4 is 0 Å². The number of benzene rings is 5. The molecule has 0 N–H and O–H groups in total. The highest BCUT2D eigenvalue weighted by Crippen LogP contribution is 2.37. The summed E-state index contributed by atoms with van der Waals surface area (Å²) in [7, 11) is 0. The molecule has 0 atom stereocenters. The molecule has 5 aromatic rings. The van der Waals surface area contributed by atoms with Gasteiger partial charge in [-0.1, -0.05) is 66.7 Å². The van der Waals surface area contributed by atoms with E-state index in [-0.39, 0.29) is 22.3 Å². The maximum Gasteiger partial charge on any atom is 0.429 e. The van der Waals surface area contributed by atoms with Crippen molar-refractivity contribution < 1.29 is 35.5 Å². The van der Waals surface area contributed by atoms with Gasteiger partial charge in [-0.3, -0.25) is 0 Å². The average molecular weight is 632 g/mol. The van der Waals surface area contributed by atoms with Crippen LogP contribution in [0.3, 0.4) is 0 Å². The Morgan fingerprint density at radius 3 is 1.72 bits per heavy atom. The van der Waals surface area contributed by atoms with Crippen LogP contribution in [0.2, 0.25) is 0 Å². The molecule has 0 saturated carbocycles. The number of allylic oxidation sites excluding steroid dienone is 2. The smallest absolute Gasteiger partial charge is 0.429 e. The molecule has 0 aliphatic heterocycles. The molecule has 0 aliphatic rings. The zero-order chi connectivity index (χ0) is 33.0. The molecule has 0 unspecified atom stereocenters. The van der Waals surface area contributed by atoms with Crippen molar-refractivity contribution in [3.8, 4) is 45.2 Å². The number of aryl methyl sites for hydroxylation is 1. The number of hydrogen-bond donors (Lipinski definition) is 0. The van der Waals surface area contributed by atoms with E-state index in [1.807, 2.05) is 37.3 Å². The molecule has 0 aliphatic carbocycles. The summed E-state index contributed by atoms with van der Waals surface area (Å²) in [5.74, 6) is -6.75. The normalized spacial score (nSPS) is 11.5. The van der Waals surface area contributed by atoms with Crippen molar-refractivity contribution in [3.05, 3.63) is 149 Å². The highest BCUT2D eigenvalue weighted by atomic mass is 19.3. The van der Waals surface area contributed by atoms with Gasteiger partial charge < -0.3 is 4.74 Å². The highest BCUT2D eigenvalue weighted by molar-refractivity contribution is 5.74. The van der Waals surface area contributed by atoms with Crippen LogP contribution in [0.1, 0.15) is 30.0 Å². The van der Waals surface area contributed by atoms with Crippen molar-refractivity contribution in [3.63, 3.8) is 0 Å². The summed E-state index contributed by atoms with van der Waals surface area (Å²) >= 11 is 0. The van der Waals surface area contributed by atoms with Crippen molar-refractivity contribution in [2.75, 3.05) is 0 Å². The average Bonchev–Trinajstić information content (AvgIpc) is 3.01. The largest absolute Gasteiger partial charge is 0.429 e. The van der Waals surface area contributed by atoms with Crippen LogP contribution in [-0.4, -0.2) is 0 Å². The van der Waals surface area contributed by atoms with Gasteiger partial charge >= 0.3 is 6.11 Å². The standard InChI is InChI=1S/C37H24F7NO/c1-2-3-4-5-22-6-8-23(9-7-22)24-10-13-28(32(38)16-24)25-11-14-29(33(39)17-25)26-12-15-31(36(42)18-26)37(43,44)46-27-19-34(40)30(21-45)35(41)20-27/h2-3,6-20H,4-5H2,1H3/b3-2+. The van der Waals surface area contributed by atoms with Gasteiger partial charge in [-0.05, 0) is 71.8 Å². The molecule has 46 heavy (non-hydrogen) atoms. The number of nitrogens with zero attached hydrogens (tertiary/aromatic N) is 1. The summed E-state index contributed by atoms with van der Waals surface area (Å²) < 4.78 is 107. The fourth-order valence-electron chi connectivity index (χ4n) is 4.96. The van der Waals surface area contributed by atoms with Crippen LogP contribution in [0.5, 0.6) is 5.75 Å². The molecule has 0 spiro atoms. The zero-order valence-electron chi connectivity index (χ0n) is 24.2. The Balaban J connectivity index is 1.35. The van der Waals surface area contributed by atoms with Crippen LogP contribution in [0.25, 0.3) is 33.4 Å². The summed E-state index contributed by atoms with van der Waals surface area (Å²) in [5, 5.41) is 8.73. The molecular weight excluding hydrogens is 607 g/mol. The number of nitriles is 1. The Morgan fingerprint density at radius 1 is 0.652 bits per heavy atom. The van der Waals surface area contributed by atoms with E-state index in [2.05, 4.69) is 10.8 Å². The number of ether oxygens (including phenoxy) is 1. The van der Waals surface area contributed by atoms with E-state index in [0.29, 0.717) is 29.8 Å². The van der Waals surface area contributed by atoms with Crippen molar-refractivity contribution in [2.45, 2.75) is 25.9 Å². The van der Waals surface area contributed by atoms with E-state index in [0.717, 1.165) is 36.1 Å². The lowest BCUT2D eigenvalue weighted by atomic mass is 9.96. The van der Waals surface area contributed by atoms with E-state index < -0.39 is 52.1 Å². The molecule has 0 aromatic heterocycles. The van der Waals surface area contributed by atoms with Crippen molar-refractivity contribution in [2.24, 2.45) is 0 Å². The van der Waals surface area contributed by atoms with Gasteiger partial charge in [0.15, 0.2) is 0 Å². The van der Waals surface area contributed by atoms with Crippen LogP contribution in [0.15, 0.2) is 103 Å². The molecule has 0 bridgehead atoms. The predicted molar refractivity (Wildman–Crippen MR) is 161 cm³/mol. The topological polar surface area (TPSA) is 33.0 Å². The third kappa shape index (κ3) is 6.81. The van der Waals surface area contributed by atoms with Gasteiger partial charge in [-0.25, -0.2) is 22.0 Å². The molecule has 0 heterocycles. The number of halogens is 7. The Hall–Kier alpha value is -5.36. The Labute approximate surface area is 260 Å². The van der Waals surface area contributed by atoms with Crippen LogP contribution in [0, 0.1) is 40.4 Å². The molecule has 232 valence electrons. The van der Waals surface area contributed by atoms with Gasteiger partial charge in [-0.15, -0.1) is 0 Å². The summed E-state index contributed by atoms with van der Waals surface area (Å²) in [4.78, 5) is 0. The van der Waals surface area contributed by atoms with Crippen molar-refractivity contribution in [1.29, 1.82) is 5.26 Å². The predicted octanol–water partition coefficient (Wildman–Crippen LogP) is 10.9. The maximum absolute atomic E-state index is 15.2. The summed E-state index contributed by atoms with van der Waals surface area (Å²) in [6.07, 6.45) is 1.51. The third-order valence-corrected chi connectivity index (χ3v) is 7.34. The fraction of sp³-hybridized carbons (Fsp3) is 0.108. The molecule has 0 fully saturated rings. The molecule has 5 rings (SSSR count). The van der Waals surface area contributed by atoms with Gasteiger partial charge in [0.25, 0.3) is 0 Å². The Bertz CT molecular complexity index is 1950. The monoisotopic (exact) mass is 631 g/mol. The third-order valence-electron chi connectivity index (χ3n) is 7.34. The summed E-state index contributed by atoms with van der Waals surface area (Å²) in [6, 6.07) is 20.5. The van der Waals surface area contributed by atoms with Crippen LogP contribution in [-0.2, 0) is 12.5 Å². The number of alkyl halides is 2. The lowest BCUT2D eigenvalue weighted by molar-refractivity contribution is -0.187. The molecular formula is C37H24F7NO. The van der Waals surface area contributed by atoms with Gasteiger partial charge in [0.2, 0.25) is 0 Å². The lowest BCUT2D eigenvalue weighted by Crippen LogP contribution is -2.23. The van der Waals surface area contributed by atoms with E-state index >= 15 is 8.78 Å². The molecule has 0 amide bonds. The first-order valence-electron chi connectivity index (χ1n) is 14.1. The Kier molecular flexibility index (Phi) is 9.28. The second-order valence-electron chi connectivity index (χ2n) is 10.4. The molecule has 5 aromatic carbocycles. The first kappa shape index (κ1) is 32.0. The number of rotatable bonds is 9. The van der Waals surface area contributed by atoms with Gasteiger partial charge in [-0.2, -0.15) is 14.0 Å². The minimum atomic E-state index is -4.38. The number of hydrogen-bond acceptors (Lipinski definition) is 2.